The van der Waals surface area contributed by atoms with Crippen LogP contribution in [-0.4, -0.2) is 25.5 Å². The van der Waals surface area contributed by atoms with Crippen molar-refractivity contribution in [2.24, 2.45) is 0 Å². The molecule has 1 amide bonds. The fraction of sp³-hybridized carbons (Fsp3) is 0.235. The van der Waals surface area contributed by atoms with Crippen molar-refractivity contribution in [3.8, 4) is 0 Å². The number of nitrogens with one attached hydrogen (secondary N) is 1. The average molecular weight is 441 g/mol. The summed E-state index contributed by atoms with van der Waals surface area (Å²) in [5, 5.41) is 11.5. The van der Waals surface area contributed by atoms with Gasteiger partial charge < -0.3 is 5.32 Å². The van der Waals surface area contributed by atoms with E-state index in [9.17, 15) is 9.18 Å². The quantitative estimate of drug-likeness (QED) is 0.630. The van der Waals surface area contributed by atoms with Crippen LogP contribution in [-0.2, 0) is 17.9 Å². The van der Waals surface area contributed by atoms with Crippen LogP contribution >= 0.6 is 27.5 Å². The maximum absolute atomic E-state index is 13.0. The number of amides is 1. The molecule has 0 atom stereocenters. The van der Waals surface area contributed by atoms with E-state index in [0.29, 0.717) is 23.9 Å². The van der Waals surface area contributed by atoms with Crippen LogP contribution in [0, 0.1) is 12.7 Å². The van der Waals surface area contributed by atoms with Crippen molar-refractivity contribution in [1.29, 1.82) is 0 Å². The maximum atomic E-state index is 13.0. The van der Waals surface area contributed by atoms with Crippen LogP contribution in [0.5, 0.6) is 0 Å². The minimum absolute atomic E-state index is 0.204. The molecule has 0 aliphatic rings. The third-order valence-electron chi connectivity index (χ3n) is 3.83. The van der Waals surface area contributed by atoms with E-state index in [4.69, 9.17) is 11.6 Å². The highest BCUT2D eigenvalue weighted by atomic mass is 79.9. The van der Waals surface area contributed by atoms with Gasteiger partial charge in [-0.15, -0.1) is 0 Å². The average Bonchev–Trinajstić information content (AvgIpc) is 3.11. The van der Waals surface area contributed by atoms with Crippen molar-refractivity contribution in [3.63, 3.8) is 0 Å². The van der Waals surface area contributed by atoms with Crippen LogP contribution in [0.2, 0.25) is 5.02 Å². The van der Waals surface area contributed by atoms with Gasteiger partial charge in [0.05, 0.1) is 23.8 Å². The molecule has 0 bridgehead atoms. The number of halogens is 3. The van der Waals surface area contributed by atoms with Gasteiger partial charge in [-0.2, -0.15) is 10.2 Å². The number of rotatable bonds is 6. The lowest BCUT2D eigenvalue weighted by Gasteiger charge is -2.05. The van der Waals surface area contributed by atoms with Gasteiger partial charge in [-0.25, -0.2) is 4.39 Å². The van der Waals surface area contributed by atoms with E-state index < -0.39 is 0 Å². The molecule has 6 nitrogen and oxygen atoms in total. The summed E-state index contributed by atoms with van der Waals surface area (Å²) in [5.41, 5.74) is 1.84. The Hall–Kier alpha value is -2.19. The molecular formula is C17H16BrClFN5O. The highest BCUT2D eigenvalue weighted by Crippen LogP contribution is 2.20. The van der Waals surface area contributed by atoms with E-state index in [2.05, 4.69) is 31.4 Å². The van der Waals surface area contributed by atoms with Crippen molar-refractivity contribution in [2.75, 3.05) is 5.32 Å². The largest absolute Gasteiger partial charge is 0.308 e. The molecule has 0 aliphatic carbocycles. The Bertz CT molecular complexity index is 922. The molecule has 0 saturated heterocycles. The fourth-order valence-electron chi connectivity index (χ4n) is 2.39. The molecule has 1 aromatic carbocycles. The van der Waals surface area contributed by atoms with Crippen LogP contribution < -0.4 is 5.32 Å². The smallest absolute Gasteiger partial charge is 0.227 e. The summed E-state index contributed by atoms with van der Waals surface area (Å²) in [6.07, 6.45) is 3.56. The second-order valence-corrected chi connectivity index (χ2v) is 7.01. The molecule has 26 heavy (non-hydrogen) atoms. The topological polar surface area (TPSA) is 64.7 Å². The van der Waals surface area contributed by atoms with E-state index in [-0.39, 0.29) is 18.1 Å². The lowest BCUT2D eigenvalue weighted by atomic mass is 10.2. The van der Waals surface area contributed by atoms with Gasteiger partial charge in [0.1, 0.15) is 10.8 Å². The number of hydrogen-bond donors (Lipinski definition) is 1. The third-order valence-corrected chi connectivity index (χ3v) is 4.88. The zero-order chi connectivity index (χ0) is 18.7. The van der Waals surface area contributed by atoms with Crippen molar-refractivity contribution in [2.45, 2.75) is 26.4 Å². The van der Waals surface area contributed by atoms with Crippen molar-refractivity contribution < 1.29 is 9.18 Å². The first-order valence-electron chi connectivity index (χ1n) is 7.87. The first-order valence-corrected chi connectivity index (χ1v) is 9.04. The van der Waals surface area contributed by atoms with Gasteiger partial charge in [-0.05, 0) is 40.5 Å². The monoisotopic (exact) mass is 439 g/mol. The van der Waals surface area contributed by atoms with Crippen LogP contribution in [0.25, 0.3) is 0 Å². The molecule has 0 spiro atoms. The molecule has 0 unspecified atom stereocenters. The van der Waals surface area contributed by atoms with E-state index >= 15 is 0 Å². The Morgan fingerprint density at radius 1 is 1.35 bits per heavy atom. The van der Waals surface area contributed by atoms with E-state index in [1.54, 1.807) is 33.9 Å². The van der Waals surface area contributed by atoms with Crippen LogP contribution in [0.3, 0.4) is 0 Å². The number of carbonyl (C=O) groups excluding carboxylic acids is 1. The standard InChI is InChI=1S/C17H16BrClFN5O/c1-11-14(18)8-21-25(11)7-6-16(26)22-17-15(19)10-24(23-17)9-12-2-4-13(20)5-3-12/h2-5,8,10H,6-7,9H2,1H3,(H,22,23,26). The Kier molecular flexibility index (Phi) is 5.73. The highest BCUT2D eigenvalue weighted by molar-refractivity contribution is 9.10. The summed E-state index contributed by atoms with van der Waals surface area (Å²) in [5.74, 6) is -0.193. The van der Waals surface area contributed by atoms with Gasteiger partial charge in [0.25, 0.3) is 0 Å². The van der Waals surface area contributed by atoms with Crippen LogP contribution in [0.1, 0.15) is 17.7 Å². The molecule has 136 valence electrons. The van der Waals surface area contributed by atoms with Crippen molar-refractivity contribution in [3.05, 3.63) is 63.2 Å². The summed E-state index contributed by atoms with van der Waals surface area (Å²) in [6.45, 7) is 2.80. The van der Waals surface area contributed by atoms with Gasteiger partial charge in [0.15, 0.2) is 5.82 Å². The number of hydrogen-bond acceptors (Lipinski definition) is 3. The van der Waals surface area contributed by atoms with Gasteiger partial charge in [0.2, 0.25) is 5.91 Å². The molecule has 9 heteroatoms. The Morgan fingerprint density at radius 3 is 2.73 bits per heavy atom. The molecule has 0 aliphatic heterocycles. The Labute approximate surface area is 163 Å². The SMILES string of the molecule is Cc1c(Br)cnn1CCC(=O)Nc1nn(Cc2ccc(F)cc2)cc1Cl. The Balaban J connectivity index is 1.59. The minimum Gasteiger partial charge on any atom is -0.308 e. The number of nitrogens with zero attached hydrogens (tertiary/aromatic N) is 4. The van der Waals surface area contributed by atoms with Crippen molar-refractivity contribution >= 4 is 39.3 Å². The number of aromatic nitrogens is 4. The van der Waals surface area contributed by atoms with Crippen molar-refractivity contribution in [1.82, 2.24) is 19.6 Å². The summed E-state index contributed by atoms with van der Waals surface area (Å²) < 4.78 is 17.2. The fourth-order valence-corrected chi connectivity index (χ4v) is 2.88. The van der Waals surface area contributed by atoms with Crippen LogP contribution in [0.15, 0.2) is 41.1 Å². The van der Waals surface area contributed by atoms with E-state index in [1.165, 1.54) is 12.1 Å². The zero-order valence-electron chi connectivity index (χ0n) is 13.9. The molecule has 2 aromatic heterocycles. The predicted octanol–water partition coefficient (Wildman–Crippen LogP) is 4.02. The lowest BCUT2D eigenvalue weighted by molar-refractivity contribution is -0.116. The molecule has 2 heterocycles. The number of aryl methyl sites for hydroxylation is 1. The lowest BCUT2D eigenvalue weighted by Crippen LogP contribution is -2.16. The van der Waals surface area contributed by atoms with Gasteiger partial charge in [-0.3, -0.25) is 14.2 Å². The molecule has 1 N–H and O–H groups in total. The van der Waals surface area contributed by atoms with Gasteiger partial charge >= 0.3 is 0 Å². The second kappa shape index (κ2) is 8.01. The molecular weight excluding hydrogens is 425 g/mol. The van der Waals surface area contributed by atoms with Gasteiger partial charge in [-0.1, -0.05) is 23.7 Å². The molecule has 3 rings (SSSR count). The zero-order valence-corrected chi connectivity index (χ0v) is 16.3. The first-order chi connectivity index (χ1) is 12.4. The van der Waals surface area contributed by atoms with E-state index in [1.807, 2.05) is 6.92 Å². The summed E-state index contributed by atoms with van der Waals surface area (Å²) in [4.78, 5) is 12.1. The molecule has 3 aromatic rings. The van der Waals surface area contributed by atoms with Crippen LogP contribution in [0.4, 0.5) is 10.2 Å². The molecule has 0 fully saturated rings. The van der Waals surface area contributed by atoms with E-state index in [0.717, 1.165) is 15.7 Å². The summed E-state index contributed by atoms with van der Waals surface area (Å²) in [7, 11) is 0. The maximum Gasteiger partial charge on any atom is 0.227 e. The van der Waals surface area contributed by atoms with Gasteiger partial charge in [0, 0.05) is 18.3 Å². The first kappa shape index (κ1) is 18.6. The molecule has 0 saturated carbocycles. The number of carbonyl (C=O) groups is 1. The highest BCUT2D eigenvalue weighted by Gasteiger charge is 2.12. The Morgan fingerprint density at radius 2 is 2.08 bits per heavy atom. The number of benzene rings is 1. The summed E-state index contributed by atoms with van der Waals surface area (Å²) >= 11 is 9.53. The summed E-state index contributed by atoms with van der Waals surface area (Å²) in [6, 6.07) is 6.12. The molecule has 0 radical (unpaired) electrons. The predicted molar refractivity (Wildman–Crippen MR) is 101 cm³/mol. The minimum atomic E-state index is -0.292. The number of anilines is 1. The normalized spacial score (nSPS) is 10.9. The third kappa shape index (κ3) is 4.50. The second-order valence-electron chi connectivity index (χ2n) is 5.75.